The van der Waals surface area contributed by atoms with E-state index in [4.69, 9.17) is 4.74 Å². The molecule has 5 nitrogen and oxygen atoms in total. The van der Waals surface area contributed by atoms with E-state index in [9.17, 15) is 13.2 Å². The number of halogens is 3. The molecule has 31 heavy (non-hydrogen) atoms. The number of benzene rings is 2. The molecular formula is C23H23F3N4O. The van der Waals surface area contributed by atoms with Crippen LogP contribution in [-0.2, 0) is 4.74 Å². The van der Waals surface area contributed by atoms with E-state index in [1.165, 1.54) is 12.1 Å². The molecule has 8 heteroatoms. The number of fused-ring (bicyclic) bond motifs is 3. The first-order chi connectivity index (χ1) is 15.0. The summed E-state index contributed by atoms with van der Waals surface area (Å²) in [6, 6.07) is 10.3. The van der Waals surface area contributed by atoms with Crippen LogP contribution in [0.25, 0.3) is 10.9 Å². The van der Waals surface area contributed by atoms with E-state index in [1.54, 1.807) is 13.1 Å². The van der Waals surface area contributed by atoms with Crippen LogP contribution in [0.5, 0.6) is 0 Å². The second-order valence-corrected chi connectivity index (χ2v) is 8.21. The Kier molecular flexibility index (Phi) is 5.17. The maximum Gasteiger partial charge on any atom is 0.266 e. The predicted octanol–water partition coefficient (Wildman–Crippen LogP) is 5.25. The highest BCUT2D eigenvalue weighted by atomic mass is 19.3. The van der Waals surface area contributed by atoms with E-state index in [-0.39, 0.29) is 5.56 Å². The molecule has 2 aliphatic rings. The number of hydrogen-bond donors (Lipinski definition) is 1. The molecule has 0 spiro atoms. The van der Waals surface area contributed by atoms with Crippen molar-refractivity contribution in [3.05, 3.63) is 59.5 Å². The Bertz CT molecular complexity index is 1090. The van der Waals surface area contributed by atoms with Gasteiger partial charge in [-0.1, -0.05) is 18.2 Å². The summed E-state index contributed by atoms with van der Waals surface area (Å²) < 4.78 is 46.5. The third-order valence-corrected chi connectivity index (χ3v) is 6.29. The largest absolute Gasteiger partial charge is 0.377 e. The average molecular weight is 428 g/mol. The first kappa shape index (κ1) is 20.1. The fraction of sp³-hybridized carbons (Fsp3) is 0.391. The maximum atomic E-state index is 14.6. The smallest absolute Gasteiger partial charge is 0.266 e. The number of ether oxygens (including phenoxy) is 1. The number of nitrogens with one attached hydrogen (secondary N) is 1. The van der Waals surface area contributed by atoms with Crippen LogP contribution in [0.4, 0.5) is 24.5 Å². The molecule has 1 aromatic heterocycles. The molecule has 0 aliphatic carbocycles. The van der Waals surface area contributed by atoms with E-state index in [0.717, 1.165) is 43.2 Å². The summed E-state index contributed by atoms with van der Waals surface area (Å²) in [6.07, 6.45) is 0.950. The lowest BCUT2D eigenvalue weighted by Gasteiger charge is -2.36. The van der Waals surface area contributed by atoms with Crippen molar-refractivity contribution < 1.29 is 17.9 Å². The van der Waals surface area contributed by atoms with Crippen molar-refractivity contribution in [2.75, 3.05) is 23.4 Å². The van der Waals surface area contributed by atoms with Gasteiger partial charge in [-0.25, -0.2) is 13.2 Å². The van der Waals surface area contributed by atoms with Gasteiger partial charge >= 0.3 is 0 Å². The van der Waals surface area contributed by atoms with Gasteiger partial charge in [-0.05, 0) is 38.0 Å². The molecule has 0 amide bonds. The Morgan fingerprint density at radius 1 is 1.10 bits per heavy atom. The normalized spacial score (nSPS) is 21.6. The highest BCUT2D eigenvalue weighted by Crippen LogP contribution is 2.37. The van der Waals surface area contributed by atoms with E-state index < -0.39 is 23.8 Å². The summed E-state index contributed by atoms with van der Waals surface area (Å²) in [5.74, 6) is -0.880. The Morgan fingerprint density at radius 3 is 2.58 bits per heavy atom. The molecule has 2 bridgehead atoms. The molecule has 1 N–H and O–H groups in total. The fourth-order valence-electron chi connectivity index (χ4n) is 4.75. The Balaban J connectivity index is 1.48. The highest BCUT2D eigenvalue weighted by Gasteiger charge is 2.37. The number of hydrogen-bond acceptors (Lipinski definition) is 5. The molecule has 2 aliphatic heterocycles. The van der Waals surface area contributed by atoms with Gasteiger partial charge in [-0.15, -0.1) is 0 Å². The quantitative estimate of drug-likeness (QED) is 0.602. The number of anilines is 2. The average Bonchev–Trinajstić information content (AvgIpc) is 3.01. The lowest BCUT2D eigenvalue weighted by atomic mass is 10.0. The summed E-state index contributed by atoms with van der Waals surface area (Å²) in [5, 5.41) is 12.4. The SMILES string of the molecule is C[C@@H](Nc1cnnc2ccc(N3C4CCC3COC4)cc12)c1cccc(C(F)F)c1F. The predicted molar refractivity (Wildman–Crippen MR) is 113 cm³/mol. The molecule has 0 saturated carbocycles. The van der Waals surface area contributed by atoms with Crippen molar-refractivity contribution in [2.45, 2.75) is 44.3 Å². The first-order valence-corrected chi connectivity index (χ1v) is 10.5. The van der Waals surface area contributed by atoms with Crippen molar-refractivity contribution in [1.29, 1.82) is 0 Å². The van der Waals surface area contributed by atoms with Gasteiger partial charge in [0.15, 0.2) is 0 Å². The van der Waals surface area contributed by atoms with Crippen LogP contribution in [0, 0.1) is 5.82 Å². The van der Waals surface area contributed by atoms with Gasteiger partial charge in [0.2, 0.25) is 0 Å². The summed E-state index contributed by atoms with van der Waals surface area (Å²) >= 11 is 0. The molecule has 0 radical (unpaired) electrons. The van der Waals surface area contributed by atoms with Crippen molar-refractivity contribution >= 4 is 22.3 Å². The van der Waals surface area contributed by atoms with Crippen LogP contribution < -0.4 is 10.2 Å². The molecule has 5 rings (SSSR count). The van der Waals surface area contributed by atoms with Gasteiger partial charge in [0.1, 0.15) is 5.82 Å². The van der Waals surface area contributed by atoms with Crippen molar-refractivity contribution in [3.63, 3.8) is 0 Å². The molecule has 162 valence electrons. The van der Waals surface area contributed by atoms with Crippen LogP contribution in [-0.4, -0.2) is 35.5 Å². The molecule has 2 unspecified atom stereocenters. The Hall–Kier alpha value is -2.87. The lowest BCUT2D eigenvalue weighted by Crippen LogP contribution is -2.45. The minimum atomic E-state index is -2.86. The number of morpholine rings is 1. The summed E-state index contributed by atoms with van der Waals surface area (Å²) in [5.41, 5.74) is 2.09. The third-order valence-electron chi connectivity index (χ3n) is 6.29. The number of nitrogens with zero attached hydrogens (tertiary/aromatic N) is 3. The number of alkyl halides is 2. The number of rotatable bonds is 5. The Morgan fingerprint density at radius 2 is 1.84 bits per heavy atom. The molecule has 2 fully saturated rings. The third kappa shape index (κ3) is 3.59. The van der Waals surface area contributed by atoms with Gasteiger partial charge < -0.3 is 15.0 Å². The Labute approximate surface area is 178 Å². The summed E-state index contributed by atoms with van der Waals surface area (Å²) in [6.45, 7) is 3.20. The first-order valence-electron chi connectivity index (χ1n) is 10.5. The van der Waals surface area contributed by atoms with Gasteiger partial charge in [-0.3, -0.25) is 0 Å². The van der Waals surface area contributed by atoms with Crippen LogP contribution in [0.1, 0.15) is 43.4 Å². The van der Waals surface area contributed by atoms with Crippen molar-refractivity contribution in [1.82, 2.24) is 10.2 Å². The molecule has 3 aromatic rings. The van der Waals surface area contributed by atoms with Crippen LogP contribution in [0.15, 0.2) is 42.6 Å². The fourth-order valence-corrected chi connectivity index (χ4v) is 4.75. The van der Waals surface area contributed by atoms with Gasteiger partial charge in [0.05, 0.1) is 54.3 Å². The van der Waals surface area contributed by atoms with Gasteiger partial charge in [-0.2, -0.15) is 10.2 Å². The zero-order valence-corrected chi connectivity index (χ0v) is 17.1. The van der Waals surface area contributed by atoms with Crippen LogP contribution in [0.3, 0.4) is 0 Å². The maximum absolute atomic E-state index is 14.6. The lowest BCUT2D eigenvalue weighted by molar-refractivity contribution is 0.0907. The van der Waals surface area contributed by atoms with E-state index >= 15 is 0 Å². The zero-order chi connectivity index (χ0) is 21.5. The standard InChI is InChI=1S/C23H23F3N4O/c1-13(17-3-2-4-18(22(17)24)23(25)26)28-21-10-27-29-20-8-7-14(9-19(20)21)30-15-5-6-16(30)12-31-11-15/h2-4,7-10,13,15-16,23H,5-6,11-12H2,1H3,(H,28,29)/t13-,15?,16?/m1/s1. The van der Waals surface area contributed by atoms with E-state index in [1.807, 2.05) is 12.1 Å². The summed E-state index contributed by atoms with van der Waals surface area (Å²) in [7, 11) is 0. The zero-order valence-electron chi connectivity index (χ0n) is 17.1. The monoisotopic (exact) mass is 428 g/mol. The van der Waals surface area contributed by atoms with Gasteiger partial charge in [0, 0.05) is 16.6 Å². The van der Waals surface area contributed by atoms with Crippen LogP contribution in [0.2, 0.25) is 0 Å². The van der Waals surface area contributed by atoms with E-state index in [2.05, 4.69) is 26.5 Å². The molecule has 3 atom stereocenters. The van der Waals surface area contributed by atoms with Gasteiger partial charge in [0.25, 0.3) is 6.43 Å². The number of aromatic nitrogens is 2. The van der Waals surface area contributed by atoms with E-state index in [0.29, 0.717) is 23.3 Å². The second kappa shape index (κ2) is 8.00. The van der Waals surface area contributed by atoms with Crippen molar-refractivity contribution in [2.24, 2.45) is 0 Å². The summed E-state index contributed by atoms with van der Waals surface area (Å²) in [4.78, 5) is 2.42. The molecule has 3 heterocycles. The highest BCUT2D eigenvalue weighted by molar-refractivity contribution is 5.93. The minimum absolute atomic E-state index is 0.185. The molecule has 2 saturated heterocycles. The van der Waals surface area contributed by atoms with Crippen LogP contribution >= 0.6 is 0 Å². The molecule has 2 aromatic carbocycles. The topological polar surface area (TPSA) is 50.3 Å². The van der Waals surface area contributed by atoms with Crippen molar-refractivity contribution in [3.8, 4) is 0 Å². The second-order valence-electron chi connectivity index (χ2n) is 8.21. The molecular weight excluding hydrogens is 405 g/mol. The minimum Gasteiger partial charge on any atom is -0.377 e.